The van der Waals surface area contributed by atoms with Crippen molar-refractivity contribution in [3.63, 3.8) is 0 Å². The average molecular weight is 278 g/mol. The van der Waals surface area contributed by atoms with E-state index < -0.39 is 12.0 Å². The van der Waals surface area contributed by atoms with Gasteiger partial charge in [0.25, 0.3) is 0 Å². The smallest absolute Gasteiger partial charge is 0.246 e. The average Bonchev–Trinajstić information content (AvgIpc) is 3.13. The molecule has 0 saturated carbocycles. The molecule has 1 N–H and O–H groups in total. The van der Waals surface area contributed by atoms with Crippen molar-refractivity contribution in [2.45, 2.75) is 6.04 Å². The van der Waals surface area contributed by atoms with Crippen molar-refractivity contribution in [1.82, 2.24) is 9.55 Å². The number of nitrogens with zero attached hydrogens (tertiary/aromatic N) is 3. The molecule has 2 atom stereocenters. The monoisotopic (exact) mass is 278 g/mol. The molecule has 0 fully saturated rings. The van der Waals surface area contributed by atoms with E-state index in [1.165, 1.54) is 6.26 Å². The zero-order valence-corrected chi connectivity index (χ0v) is 10.9. The maximum absolute atomic E-state index is 12.1. The summed E-state index contributed by atoms with van der Waals surface area (Å²) in [5, 5.41) is 12.1. The van der Waals surface area contributed by atoms with Crippen LogP contribution in [0.2, 0.25) is 0 Å². The van der Waals surface area contributed by atoms with Crippen molar-refractivity contribution in [2.24, 2.45) is 5.92 Å². The molecule has 0 aliphatic carbocycles. The topological polar surface area (TPSA) is 83.9 Å². The Labute approximate surface area is 119 Å². The van der Waals surface area contributed by atoms with Crippen molar-refractivity contribution in [3.8, 4) is 6.07 Å². The number of hydrogen-bond acceptors (Lipinski definition) is 4. The summed E-state index contributed by atoms with van der Waals surface area (Å²) in [5.41, 5.74) is 1.62. The Morgan fingerprint density at radius 3 is 2.90 bits per heavy atom. The molecule has 6 nitrogen and oxygen atoms in total. The second-order valence-corrected chi connectivity index (χ2v) is 4.85. The van der Waals surface area contributed by atoms with Gasteiger partial charge in [-0.25, -0.2) is 4.98 Å². The van der Waals surface area contributed by atoms with Crippen LogP contribution in [0.3, 0.4) is 0 Å². The Morgan fingerprint density at radius 1 is 1.29 bits per heavy atom. The molecule has 0 spiro atoms. The number of anilines is 1. The lowest BCUT2D eigenvalue weighted by Crippen LogP contribution is -2.37. The van der Waals surface area contributed by atoms with Gasteiger partial charge < -0.3 is 4.42 Å². The molecular formula is C15H10N4O2. The van der Waals surface area contributed by atoms with E-state index in [1.807, 2.05) is 28.8 Å². The highest BCUT2D eigenvalue weighted by Gasteiger charge is 2.40. The minimum absolute atomic E-state index is 0.360. The fraction of sp³-hybridized carbons (Fsp3) is 0.133. The molecule has 0 bridgehead atoms. The number of carbonyl (C=O) groups excluding carboxylic acids is 1. The van der Waals surface area contributed by atoms with Gasteiger partial charge in [0.15, 0.2) is 5.92 Å². The summed E-state index contributed by atoms with van der Waals surface area (Å²) in [6.07, 6.45) is 1.54. The number of para-hydroxylation sites is 2. The second kappa shape index (κ2) is 4.21. The lowest BCUT2D eigenvalue weighted by Gasteiger charge is -2.27. The molecule has 0 radical (unpaired) electrons. The number of fused-ring (bicyclic) bond motifs is 3. The molecule has 1 aliphatic rings. The quantitative estimate of drug-likeness (QED) is 0.740. The summed E-state index contributed by atoms with van der Waals surface area (Å²) in [6, 6.07) is 12.6. The maximum atomic E-state index is 12.1. The van der Waals surface area contributed by atoms with Crippen molar-refractivity contribution < 1.29 is 9.21 Å². The predicted molar refractivity (Wildman–Crippen MR) is 74.3 cm³/mol. The summed E-state index contributed by atoms with van der Waals surface area (Å²) in [6.45, 7) is 0. The number of aromatic nitrogens is 2. The number of furan rings is 1. The number of imidazole rings is 1. The first kappa shape index (κ1) is 11.7. The van der Waals surface area contributed by atoms with Gasteiger partial charge >= 0.3 is 0 Å². The van der Waals surface area contributed by atoms with E-state index in [9.17, 15) is 10.1 Å². The van der Waals surface area contributed by atoms with Crippen molar-refractivity contribution in [2.75, 3.05) is 5.32 Å². The SMILES string of the molecule is N#CC1C(=O)Nc2nc3ccccc3n2C1c1ccco1. The van der Waals surface area contributed by atoms with Crippen LogP contribution in [0.1, 0.15) is 11.8 Å². The van der Waals surface area contributed by atoms with Gasteiger partial charge in [-0.2, -0.15) is 5.26 Å². The van der Waals surface area contributed by atoms with Gasteiger partial charge in [-0.1, -0.05) is 12.1 Å². The zero-order chi connectivity index (χ0) is 14.4. The highest BCUT2D eigenvalue weighted by atomic mass is 16.3. The Hall–Kier alpha value is -3.07. The van der Waals surface area contributed by atoms with Crippen LogP contribution in [0.25, 0.3) is 11.0 Å². The van der Waals surface area contributed by atoms with E-state index in [1.54, 1.807) is 12.1 Å². The van der Waals surface area contributed by atoms with Gasteiger partial charge in [0, 0.05) is 0 Å². The summed E-state index contributed by atoms with van der Waals surface area (Å²) in [4.78, 5) is 16.6. The van der Waals surface area contributed by atoms with E-state index in [0.717, 1.165) is 11.0 Å². The van der Waals surface area contributed by atoms with E-state index in [-0.39, 0.29) is 5.91 Å². The summed E-state index contributed by atoms with van der Waals surface area (Å²) < 4.78 is 7.30. The fourth-order valence-electron chi connectivity index (χ4n) is 2.77. The highest BCUT2D eigenvalue weighted by Crippen LogP contribution is 2.37. The molecule has 4 rings (SSSR count). The van der Waals surface area contributed by atoms with Gasteiger partial charge in [0.05, 0.1) is 23.4 Å². The van der Waals surface area contributed by atoms with Gasteiger partial charge in [-0.05, 0) is 24.3 Å². The van der Waals surface area contributed by atoms with Crippen molar-refractivity contribution in [3.05, 3.63) is 48.4 Å². The number of amides is 1. The molecular weight excluding hydrogens is 268 g/mol. The van der Waals surface area contributed by atoms with Crippen LogP contribution in [0, 0.1) is 17.2 Å². The number of nitriles is 1. The normalized spacial score (nSPS) is 20.8. The third-order valence-electron chi connectivity index (χ3n) is 3.68. The lowest BCUT2D eigenvalue weighted by molar-refractivity contribution is -0.119. The molecule has 2 unspecified atom stereocenters. The Balaban J connectivity index is 2.04. The number of nitrogens with one attached hydrogen (secondary N) is 1. The first-order valence-corrected chi connectivity index (χ1v) is 6.50. The molecule has 1 amide bonds. The molecule has 1 aromatic carbocycles. The van der Waals surface area contributed by atoms with Gasteiger partial charge in [0.2, 0.25) is 11.9 Å². The van der Waals surface area contributed by atoms with Crippen LogP contribution in [0.15, 0.2) is 47.1 Å². The number of benzene rings is 1. The van der Waals surface area contributed by atoms with Gasteiger partial charge in [-0.15, -0.1) is 0 Å². The summed E-state index contributed by atoms with van der Waals surface area (Å²) in [7, 11) is 0. The first-order chi connectivity index (χ1) is 10.3. The zero-order valence-electron chi connectivity index (χ0n) is 10.9. The first-order valence-electron chi connectivity index (χ1n) is 6.50. The second-order valence-electron chi connectivity index (χ2n) is 4.85. The van der Waals surface area contributed by atoms with Crippen LogP contribution in [0.4, 0.5) is 5.95 Å². The standard InChI is InChI=1S/C15H10N4O2/c16-8-9-13(12-6-3-7-21-12)19-11-5-2-1-4-10(11)17-15(19)18-14(9)20/h1-7,9,13H,(H,17,18,20). The molecule has 2 aromatic heterocycles. The fourth-order valence-corrected chi connectivity index (χ4v) is 2.77. The van der Waals surface area contributed by atoms with Crippen molar-refractivity contribution in [1.29, 1.82) is 5.26 Å². The third-order valence-corrected chi connectivity index (χ3v) is 3.68. The van der Waals surface area contributed by atoms with Crippen LogP contribution >= 0.6 is 0 Å². The molecule has 1 aliphatic heterocycles. The summed E-state index contributed by atoms with van der Waals surface area (Å²) in [5.74, 6) is -0.210. The number of hydrogen-bond donors (Lipinski definition) is 1. The Morgan fingerprint density at radius 2 is 2.14 bits per heavy atom. The van der Waals surface area contributed by atoms with Crippen LogP contribution < -0.4 is 5.32 Å². The van der Waals surface area contributed by atoms with E-state index in [4.69, 9.17) is 4.42 Å². The summed E-state index contributed by atoms with van der Waals surface area (Å²) >= 11 is 0. The van der Waals surface area contributed by atoms with Gasteiger partial charge in [0.1, 0.15) is 11.8 Å². The maximum Gasteiger partial charge on any atom is 0.246 e. The van der Waals surface area contributed by atoms with E-state index >= 15 is 0 Å². The predicted octanol–water partition coefficient (Wildman–Crippen LogP) is 2.31. The van der Waals surface area contributed by atoms with Crippen LogP contribution in [0.5, 0.6) is 0 Å². The van der Waals surface area contributed by atoms with Gasteiger partial charge in [-0.3, -0.25) is 14.7 Å². The van der Waals surface area contributed by atoms with Crippen molar-refractivity contribution >= 4 is 22.9 Å². The molecule has 6 heteroatoms. The molecule has 102 valence electrons. The lowest BCUT2D eigenvalue weighted by atomic mass is 9.96. The molecule has 3 aromatic rings. The number of carbonyl (C=O) groups is 1. The number of rotatable bonds is 1. The minimum atomic E-state index is -0.860. The largest absolute Gasteiger partial charge is 0.467 e. The van der Waals surface area contributed by atoms with E-state index in [2.05, 4.69) is 16.4 Å². The molecule has 3 heterocycles. The van der Waals surface area contributed by atoms with Crippen LogP contribution in [-0.4, -0.2) is 15.5 Å². The Kier molecular flexibility index (Phi) is 2.35. The van der Waals surface area contributed by atoms with E-state index in [0.29, 0.717) is 11.7 Å². The van der Waals surface area contributed by atoms with Crippen LogP contribution in [-0.2, 0) is 4.79 Å². The Bertz CT molecular complexity index is 873. The molecule has 0 saturated heterocycles. The third kappa shape index (κ3) is 1.58. The minimum Gasteiger partial charge on any atom is -0.467 e. The highest BCUT2D eigenvalue weighted by molar-refractivity contribution is 5.97. The molecule has 21 heavy (non-hydrogen) atoms.